The molecule has 62 heavy (non-hydrogen) atoms. The van der Waals surface area contributed by atoms with E-state index < -0.39 is 54.3 Å². The minimum atomic E-state index is -1.97. The van der Waals surface area contributed by atoms with Gasteiger partial charge in [-0.1, -0.05) is 114 Å². The number of phenolic OH excluding ortho intramolecular Hbond substituents is 1. The lowest BCUT2D eigenvalue weighted by Gasteiger charge is -2.32. The molecule has 1 heterocycles. The van der Waals surface area contributed by atoms with Crippen molar-refractivity contribution >= 4 is 64.0 Å². The number of nitrogens with zero attached hydrogens (tertiary/aromatic N) is 2. The maximum absolute atomic E-state index is 15.3. The zero-order chi connectivity index (χ0) is 43.8. The van der Waals surface area contributed by atoms with Crippen molar-refractivity contribution in [3.63, 3.8) is 0 Å². The van der Waals surface area contributed by atoms with Crippen molar-refractivity contribution in [2.24, 2.45) is 5.73 Å². The van der Waals surface area contributed by atoms with Gasteiger partial charge in [0.15, 0.2) is 15.8 Å². The molecule has 0 fully saturated rings. The van der Waals surface area contributed by atoms with Crippen molar-refractivity contribution in [3.8, 4) is 11.5 Å². The highest BCUT2D eigenvalue weighted by Crippen LogP contribution is 2.24. The van der Waals surface area contributed by atoms with Crippen LogP contribution in [0.1, 0.15) is 22.3 Å². The van der Waals surface area contributed by atoms with Gasteiger partial charge < -0.3 is 30.9 Å². The van der Waals surface area contributed by atoms with Crippen LogP contribution in [-0.4, -0.2) is 69.6 Å². The van der Waals surface area contributed by atoms with Gasteiger partial charge in [-0.05, 0) is 77.3 Å². The molecule has 0 aliphatic rings. The van der Waals surface area contributed by atoms with Gasteiger partial charge in [0, 0.05) is 12.1 Å². The molecule has 3 atom stereocenters. The van der Waals surface area contributed by atoms with Crippen molar-refractivity contribution in [2.75, 3.05) is 16.8 Å². The number of H-pyrrole nitrogens is 1. The van der Waals surface area contributed by atoms with Gasteiger partial charge in [-0.15, -0.1) is 5.10 Å². The molecule has 0 saturated carbocycles. The predicted molar refractivity (Wildman–Crippen MR) is 236 cm³/mol. The number of aromatic hydroxyl groups is 1. The summed E-state index contributed by atoms with van der Waals surface area (Å²) >= 11 is 6.10. The average Bonchev–Trinajstić information content (AvgIpc) is 3.71. The molecule has 4 amide bonds. The summed E-state index contributed by atoms with van der Waals surface area (Å²) in [4.78, 5) is 72.0. The number of amides is 4. The third-order valence-electron chi connectivity index (χ3n) is 9.37. The number of ketones is 1. The zero-order valence-corrected chi connectivity index (χ0v) is 34.8. The first-order valence-electron chi connectivity index (χ1n) is 19.3. The number of hydrogen-bond acceptors (Lipinski definition) is 12. The van der Waals surface area contributed by atoms with Crippen LogP contribution in [-0.2, 0) is 50.0 Å². The second-order valence-corrected chi connectivity index (χ2v) is 15.5. The van der Waals surface area contributed by atoms with Crippen molar-refractivity contribution in [1.82, 2.24) is 20.8 Å². The molecule has 5 aromatic carbocycles. The monoisotopic (exact) mass is 873 g/mol. The molecule has 0 saturated heterocycles. The second kappa shape index (κ2) is 21.9. The van der Waals surface area contributed by atoms with Gasteiger partial charge in [0.05, 0.1) is 12.6 Å². The van der Waals surface area contributed by atoms with Crippen LogP contribution in [0, 0.1) is 3.95 Å². The van der Waals surface area contributed by atoms with Gasteiger partial charge in [-0.2, -0.15) is 0 Å². The molecule has 0 bridgehead atoms. The summed E-state index contributed by atoms with van der Waals surface area (Å²) < 4.78 is 11.9. The van der Waals surface area contributed by atoms with E-state index in [1.807, 2.05) is 30.3 Å². The van der Waals surface area contributed by atoms with Crippen LogP contribution in [0.2, 0.25) is 0 Å². The van der Waals surface area contributed by atoms with Crippen LogP contribution >= 0.6 is 23.6 Å². The fourth-order valence-corrected chi connectivity index (χ4v) is 7.07. The van der Waals surface area contributed by atoms with Gasteiger partial charge in [0.1, 0.15) is 30.8 Å². The van der Waals surface area contributed by atoms with E-state index in [2.05, 4.69) is 26.1 Å². The van der Waals surface area contributed by atoms with Gasteiger partial charge in [0.2, 0.25) is 16.9 Å². The first kappa shape index (κ1) is 44.3. The quantitative estimate of drug-likeness (QED) is 0.0434. The van der Waals surface area contributed by atoms with E-state index in [9.17, 15) is 24.3 Å². The molecule has 1 aromatic heterocycles. The number of carbonyl (C=O) groups excluding carboxylic acids is 5. The van der Waals surface area contributed by atoms with Crippen LogP contribution in [0.5, 0.6) is 11.5 Å². The highest BCUT2D eigenvalue weighted by molar-refractivity contribution is 7.73. The fraction of sp³-hybridized carbons (Fsp3) is 0.178. The molecule has 6 rings (SSSR count). The van der Waals surface area contributed by atoms with E-state index in [1.54, 1.807) is 84.9 Å². The number of Topliss-reactive ketones (excluding diaryl/α,β-unsaturated/α-hetero) is 1. The highest BCUT2D eigenvalue weighted by Gasteiger charge is 2.43. The van der Waals surface area contributed by atoms with Gasteiger partial charge in [0.25, 0.3) is 5.91 Å². The van der Waals surface area contributed by atoms with E-state index in [4.69, 9.17) is 27.4 Å². The Bertz CT molecular complexity index is 2490. The number of carbonyl (C=O) groups is 5. The lowest BCUT2D eigenvalue weighted by molar-refractivity contribution is -0.133. The summed E-state index contributed by atoms with van der Waals surface area (Å²) in [5, 5.41) is 24.5. The van der Waals surface area contributed by atoms with Crippen LogP contribution in [0.25, 0.3) is 0 Å². The molecule has 15 nitrogen and oxygen atoms in total. The Kier molecular flexibility index (Phi) is 15.6. The van der Waals surface area contributed by atoms with Crippen molar-refractivity contribution in [2.45, 2.75) is 44.2 Å². The molecule has 6 aromatic rings. The summed E-state index contributed by atoms with van der Waals surface area (Å²) in [6.07, 6.45) is -1.26. The summed E-state index contributed by atoms with van der Waals surface area (Å²) in [5.74, 6) is -2.78. The minimum Gasteiger partial charge on any atom is -0.508 e. The number of phenols is 1. The Hall–Kier alpha value is -7.21. The van der Waals surface area contributed by atoms with Crippen molar-refractivity contribution in [1.29, 1.82) is 0 Å². The van der Waals surface area contributed by atoms with E-state index in [1.165, 1.54) is 24.3 Å². The third kappa shape index (κ3) is 12.7. The zero-order valence-electron chi connectivity index (χ0n) is 33.1. The topological polar surface area (TPSA) is 218 Å². The number of anilines is 2. The number of hydrogen-bond donors (Lipinski definition) is 6. The Morgan fingerprint density at radius 3 is 1.85 bits per heavy atom. The summed E-state index contributed by atoms with van der Waals surface area (Å²) in [5.41, 5.74) is 8.50. The number of nitrogens with one attached hydrogen (secondary N) is 4. The molecule has 0 spiro atoms. The largest absolute Gasteiger partial charge is 0.508 e. The van der Waals surface area contributed by atoms with Crippen molar-refractivity contribution < 1.29 is 38.6 Å². The predicted octanol–water partition coefficient (Wildman–Crippen LogP) is 5.62. The maximum Gasteiger partial charge on any atom is 0.415 e. The van der Waals surface area contributed by atoms with Crippen LogP contribution in [0.3, 0.4) is 0 Å². The summed E-state index contributed by atoms with van der Waals surface area (Å²) in [7, 11) is 0. The van der Waals surface area contributed by atoms with Crippen LogP contribution in [0.4, 0.5) is 15.6 Å². The van der Waals surface area contributed by atoms with Gasteiger partial charge >= 0.3 is 6.09 Å². The molecular weight excluding hydrogens is 831 g/mol. The highest BCUT2D eigenvalue weighted by atomic mass is 32.1. The van der Waals surface area contributed by atoms with Crippen LogP contribution in [0.15, 0.2) is 140 Å². The Labute approximate surface area is 365 Å². The Morgan fingerprint density at radius 2 is 1.27 bits per heavy atom. The Morgan fingerprint density at radius 1 is 0.710 bits per heavy atom. The second-order valence-electron chi connectivity index (χ2n) is 13.8. The molecular formula is C45H43N7O8S2. The van der Waals surface area contributed by atoms with E-state index in [0.29, 0.717) is 29.0 Å². The number of aromatic nitrogens is 2. The third-order valence-corrected chi connectivity index (χ3v) is 10.4. The lowest BCUT2D eigenvalue weighted by Crippen LogP contribution is -2.60. The molecule has 0 aliphatic heterocycles. The maximum atomic E-state index is 15.3. The molecule has 17 heteroatoms. The van der Waals surface area contributed by atoms with E-state index in [-0.39, 0.29) is 40.0 Å². The number of benzene rings is 5. The number of rotatable bonds is 19. The lowest BCUT2D eigenvalue weighted by atomic mass is 9.95. The Balaban J connectivity index is 1.38. The average molecular weight is 874 g/mol. The smallest absolute Gasteiger partial charge is 0.415 e. The van der Waals surface area contributed by atoms with Crippen LogP contribution < -0.4 is 31.3 Å². The standard InChI is InChI=1S/C45H43N7O8S2/c46-26-38(54)47-37(25-29-16-20-34(53)21-17-29)41(56)48-36(24-30-18-22-35(23-19-30)59-27-31-10-4-1-5-11-31)40(55)39(42(57)49-43-50-51-44(61)62-43)52(33-14-8-3-9-15-33)45(58)60-28-32-12-6-2-7-13-32/h1-23,36-37,39,53H,24-28,46H2,(H,47,54)(H,48,56)(H,51,61)(H,49,50,57)/t36-,37-,39-/m0/s1. The first-order valence-corrected chi connectivity index (χ1v) is 20.6. The van der Waals surface area contributed by atoms with E-state index in [0.717, 1.165) is 21.8 Å². The fourth-order valence-electron chi connectivity index (χ4n) is 6.28. The molecule has 0 unspecified atom stereocenters. The minimum absolute atomic E-state index is 0.00274. The normalized spacial score (nSPS) is 12.2. The van der Waals surface area contributed by atoms with Crippen molar-refractivity contribution in [3.05, 3.63) is 166 Å². The summed E-state index contributed by atoms with van der Waals surface area (Å²) in [6.45, 7) is -0.310. The number of para-hydroxylation sites is 1. The van der Waals surface area contributed by atoms with Gasteiger partial charge in [-0.25, -0.2) is 4.79 Å². The molecule has 0 aliphatic carbocycles. The number of ether oxygens (including phenoxy) is 2. The van der Waals surface area contributed by atoms with E-state index >= 15 is 4.79 Å². The summed E-state index contributed by atoms with van der Waals surface area (Å²) in [6, 6.07) is 34.6. The molecule has 0 radical (unpaired) electrons. The SMILES string of the molecule is NCC(=O)N[C@@H](Cc1ccc(O)cc1)C(=O)N[C@@H](Cc1ccc(OCc2ccccc2)cc1)C(=O)[C@@H](C(=O)Nc1n[nH]c(=S)s1)N(C(=O)OCc1ccccc1)c1ccccc1. The molecule has 7 N–H and O–H groups in total. The number of aromatic amines is 1. The molecule has 318 valence electrons. The first-order chi connectivity index (χ1) is 30.1. The number of nitrogens with two attached hydrogens (primary N) is 1. The van der Waals surface area contributed by atoms with Gasteiger partial charge in [-0.3, -0.25) is 34.5 Å².